The molecule has 1 aromatic heterocycles. The minimum absolute atomic E-state index is 0.135. The molecule has 0 amide bonds. The molecule has 2 nitrogen and oxygen atoms in total. The summed E-state index contributed by atoms with van der Waals surface area (Å²) in [5.74, 6) is 1.45. The molecule has 2 rings (SSSR count). The summed E-state index contributed by atoms with van der Waals surface area (Å²) >= 11 is 1.82. The number of nitrogens with zero attached hydrogens (tertiary/aromatic N) is 1. The van der Waals surface area contributed by atoms with Crippen molar-refractivity contribution in [2.24, 2.45) is 11.7 Å². The lowest BCUT2D eigenvalue weighted by molar-refractivity contribution is 0.231. The number of hydrogen-bond acceptors (Lipinski definition) is 3. The van der Waals surface area contributed by atoms with E-state index in [1.165, 1.54) is 24.1 Å². The molecule has 96 valence electrons. The molecule has 0 saturated heterocycles. The van der Waals surface area contributed by atoms with Gasteiger partial charge in [0.15, 0.2) is 0 Å². The Hall–Kier alpha value is -0.410. The molecule has 0 spiro atoms. The van der Waals surface area contributed by atoms with E-state index in [2.05, 4.69) is 25.8 Å². The highest BCUT2D eigenvalue weighted by atomic mass is 32.1. The zero-order valence-electron chi connectivity index (χ0n) is 11.2. The van der Waals surface area contributed by atoms with E-state index in [0.717, 1.165) is 23.8 Å². The van der Waals surface area contributed by atoms with Crippen LogP contribution in [0, 0.1) is 5.92 Å². The van der Waals surface area contributed by atoms with Gasteiger partial charge in [0, 0.05) is 11.1 Å². The van der Waals surface area contributed by atoms with Gasteiger partial charge < -0.3 is 5.73 Å². The fourth-order valence-electron chi connectivity index (χ4n) is 2.60. The zero-order valence-corrected chi connectivity index (χ0v) is 12.0. The maximum absolute atomic E-state index is 6.56. The van der Waals surface area contributed by atoms with Crippen LogP contribution >= 0.6 is 11.3 Å². The lowest BCUT2D eigenvalue weighted by atomic mass is 9.76. The molecular formula is C14H24N2S. The predicted molar refractivity (Wildman–Crippen MR) is 74.3 cm³/mol. The van der Waals surface area contributed by atoms with Crippen LogP contribution in [-0.2, 0) is 5.54 Å². The third-order valence-corrected chi connectivity index (χ3v) is 5.61. The minimum atomic E-state index is -0.135. The van der Waals surface area contributed by atoms with E-state index in [1.54, 1.807) is 0 Å². The average molecular weight is 252 g/mol. The van der Waals surface area contributed by atoms with E-state index in [9.17, 15) is 0 Å². The molecule has 3 heteroatoms. The van der Waals surface area contributed by atoms with Gasteiger partial charge in [0.2, 0.25) is 0 Å². The third kappa shape index (κ3) is 2.71. The molecule has 0 radical (unpaired) electrons. The molecule has 1 heterocycles. The van der Waals surface area contributed by atoms with Gasteiger partial charge in [-0.3, -0.25) is 0 Å². The Morgan fingerprint density at radius 1 is 1.47 bits per heavy atom. The Morgan fingerprint density at radius 2 is 2.12 bits per heavy atom. The number of nitrogens with two attached hydrogens (primary N) is 1. The molecule has 1 saturated carbocycles. The summed E-state index contributed by atoms with van der Waals surface area (Å²) in [4.78, 5) is 5.94. The third-order valence-electron chi connectivity index (χ3n) is 4.09. The normalized spacial score (nSPS) is 29.8. The molecular weight excluding hydrogens is 228 g/mol. The van der Waals surface area contributed by atoms with Crippen LogP contribution in [-0.4, -0.2) is 4.98 Å². The van der Waals surface area contributed by atoms with Crippen LogP contribution in [0.4, 0.5) is 0 Å². The van der Waals surface area contributed by atoms with Gasteiger partial charge in [-0.25, -0.2) is 4.98 Å². The van der Waals surface area contributed by atoms with Crippen LogP contribution in [0.2, 0.25) is 0 Å². The van der Waals surface area contributed by atoms with Gasteiger partial charge in [-0.15, -0.1) is 11.3 Å². The van der Waals surface area contributed by atoms with Gasteiger partial charge in [-0.05, 0) is 37.5 Å². The van der Waals surface area contributed by atoms with Crippen LogP contribution in [0.25, 0.3) is 0 Å². The smallest absolute Gasteiger partial charge is 0.113 e. The standard InChI is InChI=1S/C14H24N2S/c1-4-11-5-7-14(15,8-6-11)13-16-9-12(17-13)10(2)3/h9-11H,4-8,15H2,1-3H3. The highest BCUT2D eigenvalue weighted by Crippen LogP contribution is 2.40. The maximum atomic E-state index is 6.56. The highest BCUT2D eigenvalue weighted by Gasteiger charge is 2.35. The number of rotatable bonds is 3. The summed E-state index contributed by atoms with van der Waals surface area (Å²) in [7, 11) is 0. The second-order valence-electron chi connectivity index (χ2n) is 5.73. The molecule has 17 heavy (non-hydrogen) atoms. The monoisotopic (exact) mass is 252 g/mol. The number of hydrogen-bond donors (Lipinski definition) is 1. The molecule has 1 aliphatic rings. The first-order valence-electron chi connectivity index (χ1n) is 6.80. The van der Waals surface area contributed by atoms with E-state index in [0.29, 0.717) is 5.92 Å². The van der Waals surface area contributed by atoms with E-state index >= 15 is 0 Å². The van der Waals surface area contributed by atoms with Crippen molar-refractivity contribution in [3.8, 4) is 0 Å². The van der Waals surface area contributed by atoms with Gasteiger partial charge in [-0.2, -0.15) is 0 Å². The summed E-state index contributed by atoms with van der Waals surface area (Å²) in [5, 5.41) is 1.16. The van der Waals surface area contributed by atoms with E-state index in [-0.39, 0.29) is 5.54 Å². The summed E-state index contributed by atoms with van der Waals surface area (Å²) in [6, 6.07) is 0. The van der Waals surface area contributed by atoms with Crippen molar-refractivity contribution in [2.45, 2.75) is 64.3 Å². The molecule has 1 aliphatic carbocycles. The first kappa shape index (κ1) is 13.0. The van der Waals surface area contributed by atoms with Crippen LogP contribution < -0.4 is 5.73 Å². The van der Waals surface area contributed by atoms with Gasteiger partial charge in [0.05, 0.1) is 5.54 Å². The molecule has 2 N–H and O–H groups in total. The lowest BCUT2D eigenvalue weighted by Crippen LogP contribution is -2.40. The molecule has 1 fully saturated rings. The summed E-state index contributed by atoms with van der Waals surface area (Å²) in [5.41, 5.74) is 6.42. The van der Waals surface area contributed by atoms with Gasteiger partial charge in [-0.1, -0.05) is 27.2 Å². The second kappa shape index (κ2) is 5.07. The van der Waals surface area contributed by atoms with Crippen molar-refractivity contribution in [2.75, 3.05) is 0 Å². The van der Waals surface area contributed by atoms with Crippen molar-refractivity contribution in [1.29, 1.82) is 0 Å². The summed E-state index contributed by atoms with van der Waals surface area (Å²) in [6.07, 6.45) is 8.07. The highest BCUT2D eigenvalue weighted by molar-refractivity contribution is 7.11. The Bertz CT molecular complexity index is 362. The van der Waals surface area contributed by atoms with Crippen LogP contribution in [0.3, 0.4) is 0 Å². The minimum Gasteiger partial charge on any atom is -0.319 e. The number of aromatic nitrogens is 1. The molecule has 0 atom stereocenters. The van der Waals surface area contributed by atoms with Gasteiger partial charge >= 0.3 is 0 Å². The summed E-state index contributed by atoms with van der Waals surface area (Å²) < 4.78 is 0. The van der Waals surface area contributed by atoms with Crippen molar-refractivity contribution >= 4 is 11.3 Å². The Balaban J connectivity index is 2.10. The van der Waals surface area contributed by atoms with Crippen LogP contribution in [0.1, 0.15) is 68.7 Å². The van der Waals surface area contributed by atoms with Crippen molar-refractivity contribution in [1.82, 2.24) is 4.98 Å². The molecule has 0 unspecified atom stereocenters. The van der Waals surface area contributed by atoms with Gasteiger partial charge in [0.25, 0.3) is 0 Å². The van der Waals surface area contributed by atoms with Crippen molar-refractivity contribution in [3.63, 3.8) is 0 Å². The molecule has 0 aliphatic heterocycles. The molecule has 0 aromatic carbocycles. The van der Waals surface area contributed by atoms with Crippen molar-refractivity contribution < 1.29 is 0 Å². The Labute approximate surface area is 109 Å². The average Bonchev–Trinajstić information content (AvgIpc) is 2.80. The van der Waals surface area contributed by atoms with Crippen LogP contribution in [0.15, 0.2) is 6.20 Å². The fourth-order valence-corrected chi connectivity index (χ4v) is 3.68. The lowest BCUT2D eigenvalue weighted by Gasteiger charge is -2.35. The van der Waals surface area contributed by atoms with Crippen molar-refractivity contribution in [3.05, 3.63) is 16.1 Å². The molecule has 0 bridgehead atoms. The van der Waals surface area contributed by atoms with E-state index in [4.69, 9.17) is 5.73 Å². The Kier molecular flexibility index (Phi) is 3.88. The summed E-state index contributed by atoms with van der Waals surface area (Å²) in [6.45, 7) is 6.72. The predicted octanol–water partition coefficient (Wildman–Crippen LogP) is 4.02. The SMILES string of the molecule is CCC1CCC(N)(c2ncc(C(C)C)s2)CC1. The van der Waals surface area contributed by atoms with Gasteiger partial charge in [0.1, 0.15) is 5.01 Å². The fraction of sp³-hybridized carbons (Fsp3) is 0.786. The number of thiazole rings is 1. The van der Waals surface area contributed by atoms with Crippen LogP contribution in [0.5, 0.6) is 0 Å². The largest absolute Gasteiger partial charge is 0.319 e. The van der Waals surface area contributed by atoms with E-state index in [1.807, 2.05) is 17.5 Å². The zero-order chi connectivity index (χ0) is 12.5. The quantitative estimate of drug-likeness (QED) is 0.882. The molecule has 1 aromatic rings. The first-order valence-corrected chi connectivity index (χ1v) is 7.62. The van der Waals surface area contributed by atoms with E-state index < -0.39 is 0 Å². The second-order valence-corrected chi connectivity index (χ2v) is 6.79. The maximum Gasteiger partial charge on any atom is 0.113 e. The first-order chi connectivity index (χ1) is 8.05. The Morgan fingerprint density at radius 3 is 2.59 bits per heavy atom. The topological polar surface area (TPSA) is 38.9 Å².